The van der Waals surface area contributed by atoms with E-state index in [0.29, 0.717) is 33.4 Å². The van der Waals surface area contributed by atoms with Crippen LogP contribution in [0.5, 0.6) is 23.0 Å². The lowest BCUT2D eigenvalue weighted by molar-refractivity contribution is -0.138. The largest absolute Gasteiger partial charge is 0.508 e. The Bertz CT molecular complexity index is 1870. The van der Waals surface area contributed by atoms with Gasteiger partial charge in [-0.2, -0.15) is 0 Å². The molecular weight excluding hydrogens is 660 g/mol. The van der Waals surface area contributed by atoms with Crippen molar-refractivity contribution in [3.05, 3.63) is 115 Å². The van der Waals surface area contributed by atoms with Crippen LogP contribution < -0.4 is 0 Å². The highest BCUT2D eigenvalue weighted by molar-refractivity contribution is 5.92. The minimum Gasteiger partial charge on any atom is -0.508 e. The normalized spacial score (nSPS) is 11.0. The minimum absolute atomic E-state index is 0.0708. The molecule has 12 nitrogen and oxygen atoms in total. The van der Waals surface area contributed by atoms with Gasteiger partial charge in [-0.3, -0.25) is 9.59 Å². The van der Waals surface area contributed by atoms with E-state index >= 15 is 0 Å². The lowest BCUT2D eigenvalue weighted by atomic mass is 9.85. The first-order valence-electron chi connectivity index (χ1n) is 16.4. The van der Waals surface area contributed by atoms with Crippen molar-refractivity contribution in [2.75, 3.05) is 0 Å². The van der Waals surface area contributed by atoms with Crippen LogP contribution in [0, 0.1) is 0 Å². The Balaban J connectivity index is 1.86. The Morgan fingerprint density at radius 1 is 0.490 bits per heavy atom. The van der Waals surface area contributed by atoms with Gasteiger partial charge in [-0.25, -0.2) is 9.59 Å². The molecule has 0 heterocycles. The van der Waals surface area contributed by atoms with Crippen LogP contribution >= 0.6 is 0 Å². The maximum atomic E-state index is 12.5. The number of benzene rings is 4. The van der Waals surface area contributed by atoms with Crippen LogP contribution in [-0.2, 0) is 54.5 Å². The zero-order valence-electron chi connectivity index (χ0n) is 28.2. The number of aryl methyl sites for hydroxylation is 2. The highest BCUT2D eigenvalue weighted by Crippen LogP contribution is 2.39. The van der Waals surface area contributed by atoms with Gasteiger partial charge in [-0.15, -0.1) is 0 Å². The van der Waals surface area contributed by atoms with Crippen molar-refractivity contribution in [2.24, 2.45) is 0 Å². The van der Waals surface area contributed by atoms with E-state index in [1.54, 1.807) is 38.1 Å². The Labute approximate surface area is 293 Å². The maximum Gasteiger partial charge on any atom is 0.335 e. The van der Waals surface area contributed by atoms with Crippen molar-refractivity contribution in [1.82, 2.24) is 0 Å². The van der Waals surface area contributed by atoms with Gasteiger partial charge in [0.25, 0.3) is 0 Å². The fourth-order valence-electron chi connectivity index (χ4n) is 6.46. The highest BCUT2D eigenvalue weighted by Gasteiger charge is 2.26. The topological polar surface area (TPSA) is 230 Å². The van der Waals surface area contributed by atoms with Crippen LogP contribution in [0.15, 0.2) is 48.5 Å². The first-order valence-corrected chi connectivity index (χ1v) is 16.4. The summed E-state index contributed by atoms with van der Waals surface area (Å²) in [4.78, 5) is 47.2. The van der Waals surface area contributed by atoms with E-state index in [2.05, 4.69) is 0 Å². The fraction of sp³-hybridized carbons (Fsp3) is 0.282. The highest BCUT2D eigenvalue weighted by atomic mass is 16.4. The SMILES string of the molecule is CCc1c(C(=O)O)cc(Cc2cc(C(=O)O)c(CC)c(Cc3cc(CCC(=O)O)ccc3O)c2O)c(O)c1Cc1cc(CCC(=O)O)ccc1O. The number of aromatic hydroxyl groups is 4. The summed E-state index contributed by atoms with van der Waals surface area (Å²) in [5.41, 5.74) is 2.76. The van der Waals surface area contributed by atoms with Crippen LogP contribution in [0.3, 0.4) is 0 Å². The van der Waals surface area contributed by atoms with Gasteiger partial charge in [0.15, 0.2) is 0 Å². The van der Waals surface area contributed by atoms with Crippen molar-refractivity contribution in [1.29, 1.82) is 0 Å². The summed E-state index contributed by atoms with van der Waals surface area (Å²) in [6, 6.07) is 11.7. The monoisotopic (exact) mass is 700 g/mol. The molecule has 0 radical (unpaired) electrons. The number of aliphatic carboxylic acids is 2. The number of rotatable bonds is 16. The molecule has 0 saturated heterocycles. The maximum absolute atomic E-state index is 12.5. The van der Waals surface area contributed by atoms with Crippen LogP contribution in [0.1, 0.15) is 103 Å². The Morgan fingerprint density at radius 3 is 1.18 bits per heavy atom. The second kappa shape index (κ2) is 16.1. The number of hydrogen-bond donors (Lipinski definition) is 8. The summed E-state index contributed by atoms with van der Waals surface area (Å²) in [5, 5.41) is 83.3. The molecule has 4 rings (SSSR count). The van der Waals surface area contributed by atoms with Crippen LogP contribution in [0.25, 0.3) is 0 Å². The standard InChI is InChI=1S/C39H40O12/c1-3-26-28(16-22-13-20(5-9-32(22)40)7-11-34(42)43)36(46)24(18-30(26)38(48)49)15-25-19-31(39(50)51)27(4-2)29(37(25)47)17-23-14-21(6-10-33(23)41)8-12-35(44)45/h5-6,9-10,13-14,18-19,40-41,46-47H,3-4,7-8,11-12,15-17H2,1-2H3,(H,42,43)(H,44,45)(H,48,49)(H,50,51). The molecule has 0 aromatic heterocycles. The molecule has 51 heavy (non-hydrogen) atoms. The number of phenolic OH excluding ortho intramolecular Hbond substituents is 4. The first kappa shape index (κ1) is 37.8. The molecule has 0 saturated carbocycles. The molecule has 0 spiro atoms. The molecule has 12 heteroatoms. The van der Waals surface area contributed by atoms with Crippen molar-refractivity contribution < 1.29 is 60.0 Å². The third kappa shape index (κ3) is 8.77. The zero-order chi connectivity index (χ0) is 37.6. The molecule has 4 aromatic carbocycles. The van der Waals surface area contributed by atoms with Crippen molar-refractivity contribution in [2.45, 2.75) is 71.6 Å². The molecule has 268 valence electrons. The number of aromatic carboxylic acids is 2. The Hall–Kier alpha value is -6.04. The Kier molecular flexibility index (Phi) is 11.9. The third-order valence-corrected chi connectivity index (χ3v) is 9.02. The quantitative estimate of drug-likeness (QED) is 0.0689. The van der Waals surface area contributed by atoms with E-state index < -0.39 is 23.9 Å². The van der Waals surface area contributed by atoms with Crippen LogP contribution in [0.4, 0.5) is 0 Å². The molecular formula is C39H40O12. The van der Waals surface area contributed by atoms with Crippen LogP contribution in [0.2, 0.25) is 0 Å². The average molecular weight is 701 g/mol. The second-order valence-electron chi connectivity index (χ2n) is 12.3. The molecule has 0 bridgehead atoms. The van der Waals surface area contributed by atoms with Gasteiger partial charge in [-0.05, 0) is 94.5 Å². The number of phenols is 4. The van der Waals surface area contributed by atoms with E-state index in [-0.39, 0.29) is 114 Å². The Morgan fingerprint density at radius 2 is 0.863 bits per heavy atom. The summed E-state index contributed by atoms with van der Waals surface area (Å²) in [7, 11) is 0. The molecule has 4 aromatic rings. The van der Waals surface area contributed by atoms with Crippen molar-refractivity contribution in [3.63, 3.8) is 0 Å². The van der Waals surface area contributed by atoms with Crippen LogP contribution in [-0.4, -0.2) is 64.7 Å². The molecule has 8 N–H and O–H groups in total. The van der Waals surface area contributed by atoms with Gasteiger partial charge in [0, 0.05) is 43.2 Å². The van der Waals surface area contributed by atoms with Gasteiger partial charge < -0.3 is 40.9 Å². The average Bonchev–Trinajstić information content (AvgIpc) is 3.07. The molecule has 0 aliphatic rings. The lowest BCUT2D eigenvalue weighted by Crippen LogP contribution is -2.11. The molecule has 0 atom stereocenters. The van der Waals surface area contributed by atoms with E-state index in [9.17, 15) is 49.8 Å². The summed E-state index contributed by atoms with van der Waals surface area (Å²) in [6.45, 7) is 3.42. The van der Waals surface area contributed by atoms with Gasteiger partial charge in [-0.1, -0.05) is 38.1 Å². The third-order valence-electron chi connectivity index (χ3n) is 9.02. The molecule has 0 aliphatic carbocycles. The number of carbonyl (C=O) groups is 4. The molecule has 0 amide bonds. The smallest absolute Gasteiger partial charge is 0.335 e. The summed E-state index contributed by atoms with van der Waals surface area (Å²) in [5.74, 6) is -5.48. The summed E-state index contributed by atoms with van der Waals surface area (Å²) in [6.07, 6.45) is -0.0504. The van der Waals surface area contributed by atoms with Gasteiger partial charge in [0.05, 0.1) is 11.1 Å². The predicted molar refractivity (Wildman–Crippen MR) is 185 cm³/mol. The zero-order valence-corrected chi connectivity index (χ0v) is 28.2. The molecule has 0 aliphatic heterocycles. The molecule has 0 unspecified atom stereocenters. The lowest BCUT2D eigenvalue weighted by Gasteiger charge is -2.21. The number of carboxylic acids is 4. The summed E-state index contributed by atoms with van der Waals surface area (Å²) < 4.78 is 0. The van der Waals surface area contributed by atoms with Gasteiger partial charge in [0.1, 0.15) is 23.0 Å². The van der Waals surface area contributed by atoms with Gasteiger partial charge >= 0.3 is 23.9 Å². The molecule has 0 fully saturated rings. The van der Waals surface area contributed by atoms with E-state index in [1.807, 2.05) is 0 Å². The predicted octanol–water partition coefficient (Wildman–Crippen LogP) is 5.84. The van der Waals surface area contributed by atoms with Gasteiger partial charge in [0.2, 0.25) is 0 Å². The van der Waals surface area contributed by atoms with Crippen molar-refractivity contribution in [3.8, 4) is 23.0 Å². The summed E-state index contributed by atoms with van der Waals surface area (Å²) >= 11 is 0. The van der Waals surface area contributed by atoms with Crippen molar-refractivity contribution >= 4 is 23.9 Å². The number of hydrogen-bond acceptors (Lipinski definition) is 8. The van der Waals surface area contributed by atoms with E-state index in [1.165, 1.54) is 24.3 Å². The van der Waals surface area contributed by atoms with E-state index in [4.69, 9.17) is 10.2 Å². The minimum atomic E-state index is -1.29. The fourth-order valence-corrected chi connectivity index (χ4v) is 6.46. The number of carboxylic acid groups (broad SMARTS) is 4. The first-order chi connectivity index (χ1) is 24.1. The van der Waals surface area contributed by atoms with E-state index in [0.717, 1.165) is 0 Å². The second-order valence-corrected chi connectivity index (χ2v) is 12.3.